The van der Waals surface area contributed by atoms with E-state index in [1.165, 1.54) is 6.07 Å². The summed E-state index contributed by atoms with van der Waals surface area (Å²) in [4.78, 5) is 32.3. The van der Waals surface area contributed by atoms with Crippen LogP contribution in [0.4, 0.5) is 8.78 Å². The van der Waals surface area contributed by atoms with Gasteiger partial charge in [-0.05, 0) is 88.3 Å². The van der Waals surface area contributed by atoms with Crippen LogP contribution in [0.3, 0.4) is 0 Å². The van der Waals surface area contributed by atoms with Crippen LogP contribution < -0.4 is 5.73 Å². The van der Waals surface area contributed by atoms with Crippen LogP contribution in [0.25, 0.3) is 0 Å². The largest absolute Gasteiger partial charge is 0.394 e. The molecule has 6 nitrogen and oxygen atoms in total. The number of hydrogen-bond acceptors (Lipinski definition) is 5. The maximum Gasteiger partial charge on any atom is 0.270 e. The number of allylic oxidation sites excluding steroid dienone is 1. The van der Waals surface area contributed by atoms with Crippen LogP contribution in [0.15, 0.2) is 28.4 Å². The highest BCUT2D eigenvalue weighted by atomic mass is 19.2. The molecule has 0 radical (unpaired) electrons. The van der Waals surface area contributed by atoms with E-state index in [2.05, 4.69) is 4.99 Å². The maximum absolute atomic E-state index is 13.9. The Morgan fingerprint density at radius 3 is 2.50 bits per heavy atom. The van der Waals surface area contributed by atoms with Crippen molar-refractivity contribution in [3.05, 3.63) is 46.2 Å². The summed E-state index contributed by atoms with van der Waals surface area (Å²) in [6.07, 6.45) is 7.28. The molecular weight excluding hydrogens is 488 g/mol. The van der Waals surface area contributed by atoms with Crippen molar-refractivity contribution in [2.75, 3.05) is 19.6 Å². The number of benzene rings is 1. The Morgan fingerprint density at radius 1 is 1.05 bits per heavy atom. The van der Waals surface area contributed by atoms with Gasteiger partial charge in [-0.3, -0.25) is 14.6 Å². The molecule has 2 N–H and O–H groups in total. The minimum atomic E-state index is -0.785. The van der Waals surface area contributed by atoms with Crippen LogP contribution in [0.1, 0.15) is 88.7 Å². The predicted octanol–water partition coefficient (Wildman–Crippen LogP) is 5.37. The van der Waals surface area contributed by atoms with Gasteiger partial charge in [-0.2, -0.15) is 0 Å². The number of rotatable bonds is 6. The molecule has 1 aromatic carbocycles. The number of amides is 1. The van der Waals surface area contributed by atoms with Gasteiger partial charge in [0.1, 0.15) is 5.70 Å². The molecule has 4 rings (SSSR count). The van der Waals surface area contributed by atoms with Crippen LogP contribution in [0.5, 0.6) is 0 Å². The second-order valence-corrected chi connectivity index (χ2v) is 11.4. The molecule has 4 atom stereocenters. The Kier molecular flexibility index (Phi) is 9.34. The summed E-state index contributed by atoms with van der Waals surface area (Å²) in [6, 6.07) is 3.09. The van der Waals surface area contributed by atoms with Crippen molar-refractivity contribution in [3.8, 4) is 0 Å². The second kappa shape index (κ2) is 12.5. The molecule has 3 fully saturated rings. The van der Waals surface area contributed by atoms with Crippen molar-refractivity contribution >= 4 is 17.4 Å². The lowest BCUT2D eigenvalue weighted by molar-refractivity contribution is -0.139. The zero-order valence-electron chi connectivity index (χ0n) is 22.9. The summed E-state index contributed by atoms with van der Waals surface area (Å²) in [5.74, 6) is -1.18. The molecule has 1 heterocycles. The Hall–Kier alpha value is -2.61. The van der Waals surface area contributed by atoms with Gasteiger partial charge in [0.05, 0.1) is 18.8 Å². The van der Waals surface area contributed by atoms with Crippen molar-refractivity contribution < 1.29 is 23.1 Å². The van der Waals surface area contributed by atoms with Gasteiger partial charge in [0.25, 0.3) is 5.91 Å². The van der Waals surface area contributed by atoms with Crippen LogP contribution in [-0.4, -0.2) is 54.1 Å². The minimum absolute atomic E-state index is 0.0323. The lowest BCUT2D eigenvalue weighted by Crippen LogP contribution is -2.49. The minimum Gasteiger partial charge on any atom is -0.394 e. The van der Waals surface area contributed by atoms with E-state index < -0.39 is 11.6 Å². The van der Waals surface area contributed by atoms with Gasteiger partial charge < -0.3 is 15.4 Å². The highest BCUT2D eigenvalue weighted by Crippen LogP contribution is 2.36. The van der Waals surface area contributed by atoms with E-state index >= 15 is 0 Å². The summed E-state index contributed by atoms with van der Waals surface area (Å²) in [6.45, 7) is 6.63. The zero-order valence-corrected chi connectivity index (χ0v) is 22.9. The first-order chi connectivity index (χ1) is 18.1. The number of Topliss-reactive ketones (excluding diaryl/α,β-unsaturated/α-hetero) is 1. The lowest BCUT2D eigenvalue weighted by atomic mass is 9.89. The van der Waals surface area contributed by atoms with E-state index in [-0.39, 0.29) is 48.0 Å². The predicted molar refractivity (Wildman–Crippen MR) is 144 cm³/mol. The molecule has 1 aromatic rings. The molecule has 1 amide bonds. The first kappa shape index (κ1) is 28.4. The molecule has 1 aliphatic heterocycles. The van der Waals surface area contributed by atoms with E-state index in [0.717, 1.165) is 61.8 Å². The number of nitrogens with two attached hydrogens (primary N) is 1. The van der Waals surface area contributed by atoms with Gasteiger partial charge in [-0.25, -0.2) is 8.78 Å². The number of aliphatic imine (C=N–C) groups is 1. The fraction of sp³-hybridized carbons (Fsp3) is 0.633. The smallest absolute Gasteiger partial charge is 0.270 e. The average Bonchev–Trinajstić information content (AvgIpc) is 3.22. The number of ketones is 1. The van der Waals surface area contributed by atoms with E-state index in [4.69, 9.17) is 10.5 Å². The molecule has 1 saturated heterocycles. The molecule has 0 aromatic heterocycles. The molecule has 208 valence electrons. The van der Waals surface area contributed by atoms with Crippen LogP contribution in [0.2, 0.25) is 0 Å². The van der Waals surface area contributed by atoms with Crippen molar-refractivity contribution in [3.63, 3.8) is 0 Å². The van der Waals surface area contributed by atoms with Gasteiger partial charge in [-0.1, -0.05) is 18.9 Å². The SMILES string of the molecule is Cc1cc(C2CCCC(CC(=O)CN=C3CCC/C3=C(/N)C(=O)N3C[C@@H](C)O[C@@H](C)C3)CC2)cc(F)c1F. The molecule has 3 aliphatic rings. The maximum atomic E-state index is 13.9. The Balaban J connectivity index is 1.33. The fourth-order valence-corrected chi connectivity index (χ4v) is 6.31. The third kappa shape index (κ3) is 6.87. The quantitative estimate of drug-likeness (QED) is 0.397. The summed E-state index contributed by atoms with van der Waals surface area (Å²) in [5, 5.41) is 0. The summed E-state index contributed by atoms with van der Waals surface area (Å²) < 4.78 is 33.4. The van der Waals surface area contributed by atoms with Crippen molar-refractivity contribution in [1.82, 2.24) is 4.90 Å². The molecule has 2 aliphatic carbocycles. The van der Waals surface area contributed by atoms with Crippen LogP contribution >= 0.6 is 0 Å². The number of halogens is 2. The fourth-order valence-electron chi connectivity index (χ4n) is 6.31. The second-order valence-electron chi connectivity index (χ2n) is 11.4. The van der Waals surface area contributed by atoms with Gasteiger partial charge in [0, 0.05) is 30.8 Å². The first-order valence-electron chi connectivity index (χ1n) is 14.1. The highest BCUT2D eigenvalue weighted by Gasteiger charge is 2.30. The van der Waals surface area contributed by atoms with Gasteiger partial charge in [0.2, 0.25) is 0 Å². The number of nitrogens with zero attached hydrogens (tertiary/aromatic N) is 2. The molecule has 0 spiro atoms. The molecule has 0 bridgehead atoms. The van der Waals surface area contributed by atoms with Gasteiger partial charge >= 0.3 is 0 Å². The number of hydrogen-bond donors (Lipinski definition) is 1. The molecule has 2 unspecified atom stereocenters. The average molecular weight is 530 g/mol. The first-order valence-corrected chi connectivity index (χ1v) is 14.1. The normalized spacial score (nSPS) is 28.9. The summed E-state index contributed by atoms with van der Waals surface area (Å²) in [5.41, 5.74) is 9.35. The standard InChI is InChI=1S/C30H41F2N3O3/c1-18-12-23(14-26(31)28(18)32)22-7-4-6-21(10-11-22)13-24(36)15-34-27-9-5-8-25(27)29(33)30(37)35-16-19(2)38-20(3)17-35/h12,14,19-22H,4-11,13,15-17,33H2,1-3H3/b29-25-,34-27?/t19-,20+,21?,22?. The third-order valence-electron chi connectivity index (χ3n) is 8.21. The van der Waals surface area contributed by atoms with E-state index in [1.54, 1.807) is 17.9 Å². The number of carbonyl (C=O) groups excluding carboxylic acids is 2. The van der Waals surface area contributed by atoms with E-state index in [1.807, 2.05) is 13.8 Å². The van der Waals surface area contributed by atoms with Crippen LogP contribution in [0, 0.1) is 24.5 Å². The Bertz CT molecular complexity index is 1080. The lowest BCUT2D eigenvalue weighted by Gasteiger charge is -2.35. The number of ether oxygens (including phenoxy) is 1. The highest BCUT2D eigenvalue weighted by molar-refractivity contribution is 6.09. The van der Waals surface area contributed by atoms with Crippen molar-refractivity contribution in [2.24, 2.45) is 16.6 Å². The molecule has 2 saturated carbocycles. The Morgan fingerprint density at radius 2 is 1.79 bits per heavy atom. The summed E-state index contributed by atoms with van der Waals surface area (Å²) in [7, 11) is 0. The van der Waals surface area contributed by atoms with Crippen LogP contribution in [-0.2, 0) is 14.3 Å². The molecule has 8 heteroatoms. The monoisotopic (exact) mass is 529 g/mol. The van der Waals surface area contributed by atoms with Crippen molar-refractivity contribution in [2.45, 2.75) is 96.7 Å². The topological polar surface area (TPSA) is 85.0 Å². The van der Waals surface area contributed by atoms with Crippen molar-refractivity contribution in [1.29, 1.82) is 0 Å². The van der Waals surface area contributed by atoms with E-state index in [9.17, 15) is 18.4 Å². The molecule has 38 heavy (non-hydrogen) atoms. The zero-order chi connectivity index (χ0) is 27.4. The number of morpholine rings is 1. The summed E-state index contributed by atoms with van der Waals surface area (Å²) >= 11 is 0. The van der Waals surface area contributed by atoms with E-state index in [0.29, 0.717) is 31.5 Å². The van der Waals surface area contributed by atoms with Gasteiger partial charge in [0.15, 0.2) is 17.4 Å². The molecular formula is C30H41F2N3O3. The third-order valence-corrected chi connectivity index (χ3v) is 8.21. The van der Waals surface area contributed by atoms with Gasteiger partial charge in [-0.15, -0.1) is 0 Å². The number of carbonyl (C=O) groups is 2. The Labute approximate surface area is 224 Å². The number of aryl methyl sites for hydroxylation is 1.